The van der Waals surface area contributed by atoms with Crippen molar-refractivity contribution in [2.75, 3.05) is 0 Å². The topological polar surface area (TPSA) is 94.2 Å². The van der Waals surface area contributed by atoms with E-state index in [2.05, 4.69) is 5.10 Å². The van der Waals surface area contributed by atoms with Crippen LogP contribution in [0.2, 0.25) is 0 Å². The third-order valence-corrected chi connectivity index (χ3v) is 2.65. The second-order valence-electron chi connectivity index (χ2n) is 3.87. The van der Waals surface area contributed by atoms with Gasteiger partial charge in [-0.3, -0.25) is 9.36 Å². The van der Waals surface area contributed by atoms with Crippen LogP contribution in [0.4, 0.5) is 4.39 Å². The number of rotatable bonds is 3. The molecule has 0 aliphatic heterocycles. The molecule has 0 spiro atoms. The summed E-state index contributed by atoms with van der Waals surface area (Å²) >= 11 is 0. The van der Waals surface area contributed by atoms with Crippen molar-refractivity contribution in [1.82, 2.24) is 14.3 Å². The van der Waals surface area contributed by atoms with E-state index in [9.17, 15) is 18.8 Å². The Morgan fingerprint density at radius 2 is 1.90 bits per heavy atom. The van der Waals surface area contributed by atoms with E-state index in [1.165, 1.54) is 19.1 Å². The molecule has 8 heteroatoms. The minimum atomic E-state index is -1.53. The molecular formula is C12H10FN3O4. The normalized spacial score (nSPS) is 10.5. The molecule has 2 rings (SSSR count). The molecule has 1 heterocycles. The lowest BCUT2D eigenvalue weighted by atomic mass is 10.3. The van der Waals surface area contributed by atoms with Crippen LogP contribution in [0.25, 0.3) is 5.69 Å². The Morgan fingerprint density at radius 3 is 2.40 bits per heavy atom. The maximum atomic E-state index is 12.9. The molecule has 0 amide bonds. The molecule has 0 aliphatic rings. The number of benzene rings is 1. The van der Waals surface area contributed by atoms with E-state index in [1.54, 1.807) is 0 Å². The lowest BCUT2D eigenvalue weighted by Gasteiger charge is -2.08. The summed E-state index contributed by atoms with van der Waals surface area (Å²) in [6.45, 7) is 1.53. The fourth-order valence-corrected chi connectivity index (χ4v) is 1.68. The van der Waals surface area contributed by atoms with Gasteiger partial charge in [0, 0.05) is 6.54 Å². The zero-order valence-corrected chi connectivity index (χ0v) is 10.4. The van der Waals surface area contributed by atoms with Gasteiger partial charge in [-0.1, -0.05) is 0 Å². The minimum absolute atomic E-state index is 0.00165. The molecule has 20 heavy (non-hydrogen) atoms. The van der Waals surface area contributed by atoms with Gasteiger partial charge in [-0.05, 0) is 31.2 Å². The van der Waals surface area contributed by atoms with Gasteiger partial charge in [-0.25, -0.2) is 14.0 Å². The fraction of sp³-hybridized carbons (Fsp3) is 0.167. The minimum Gasteiger partial charge on any atom is -0.476 e. The van der Waals surface area contributed by atoms with Crippen molar-refractivity contribution >= 4 is 5.97 Å². The first kappa shape index (κ1) is 13.7. The Labute approximate surface area is 111 Å². The van der Waals surface area contributed by atoms with Gasteiger partial charge in [0.05, 0.1) is 5.69 Å². The number of aromatic nitrogens is 3. The molecule has 0 fully saturated rings. The van der Waals surface area contributed by atoms with Crippen molar-refractivity contribution in [2.45, 2.75) is 13.5 Å². The summed E-state index contributed by atoms with van der Waals surface area (Å²) in [6, 6.07) is 4.73. The van der Waals surface area contributed by atoms with Gasteiger partial charge >= 0.3 is 11.7 Å². The van der Waals surface area contributed by atoms with E-state index >= 15 is 0 Å². The summed E-state index contributed by atoms with van der Waals surface area (Å²) in [5.74, 6) is -2.04. The van der Waals surface area contributed by atoms with Crippen LogP contribution in [-0.2, 0) is 6.54 Å². The van der Waals surface area contributed by atoms with Gasteiger partial charge < -0.3 is 5.11 Å². The zero-order valence-electron chi connectivity index (χ0n) is 10.4. The smallest absolute Gasteiger partial charge is 0.362 e. The summed E-state index contributed by atoms with van der Waals surface area (Å²) in [5, 5.41) is 12.5. The Bertz CT molecular complexity index is 777. The van der Waals surface area contributed by atoms with E-state index in [0.29, 0.717) is 0 Å². The molecule has 0 saturated heterocycles. The first-order chi connectivity index (χ1) is 9.45. The van der Waals surface area contributed by atoms with Crippen LogP contribution >= 0.6 is 0 Å². The first-order valence-corrected chi connectivity index (χ1v) is 5.69. The van der Waals surface area contributed by atoms with Gasteiger partial charge in [0.25, 0.3) is 5.56 Å². The number of hydrogen-bond donors (Lipinski definition) is 1. The van der Waals surface area contributed by atoms with E-state index in [-0.39, 0.29) is 12.2 Å². The summed E-state index contributed by atoms with van der Waals surface area (Å²) in [6.07, 6.45) is 0. The lowest BCUT2D eigenvalue weighted by molar-refractivity contribution is 0.0684. The Balaban J connectivity index is 2.80. The second-order valence-corrected chi connectivity index (χ2v) is 3.87. The lowest BCUT2D eigenvalue weighted by Crippen LogP contribution is -2.43. The van der Waals surface area contributed by atoms with Crippen molar-refractivity contribution in [1.29, 1.82) is 0 Å². The van der Waals surface area contributed by atoms with Crippen LogP contribution in [0.3, 0.4) is 0 Å². The quantitative estimate of drug-likeness (QED) is 0.869. The van der Waals surface area contributed by atoms with Crippen molar-refractivity contribution in [3.63, 3.8) is 0 Å². The third-order valence-electron chi connectivity index (χ3n) is 2.65. The highest BCUT2D eigenvalue weighted by Crippen LogP contribution is 2.05. The van der Waals surface area contributed by atoms with Crippen LogP contribution in [0.5, 0.6) is 0 Å². The highest BCUT2D eigenvalue weighted by atomic mass is 19.1. The van der Waals surface area contributed by atoms with E-state index in [1.807, 2.05) is 0 Å². The predicted octanol–water partition coefficient (Wildman–Crippen LogP) is 0.251. The van der Waals surface area contributed by atoms with E-state index in [4.69, 9.17) is 5.11 Å². The predicted molar refractivity (Wildman–Crippen MR) is 66.7 cm³/mol. The van der Waals surface area contributed by atoms with Gasteiger partial charge in [0.2, 0.25) is 5.69 Å². The summed E-state index contributed by atoms with van der Waals surface area (Å²) in [5.41, 5.74) is -2.35. The monoisotopic (exact) mass is 279 g/mol. The highest BCUT2D eigenvalue weighted by molar-refractivity contribution is 5.84. The van der Waals surface area contributed by atoms with Gasteiger partial charge in [-0.2, -0.15) is 9.78 Å². The van der Waals surface area contributed by atoms with Crippen LogP contribution in [0.1, 0.15) is 17.4 Å². The van der Waals surface area contributed by atoms with Gasteiger partial charge in [0.15, 0.2) is 0 Å². The molecule has 0 bridgehead atoms. The molecule has 0 radical (unpaired) electrons. The van der Waals surface area contributed by atoms with Crippen molar-refractivity contribution < 1.29 is 14.3 Å². The Hall–Kier alpha value is -2.77. The number of halogens is 1. The zero-order chi connectivity index (χ0) is 14.9. The number of carboxylic acids is 1. The van der Waals surface area contributed by atoms with Crippen LogP contribution < -0.4 is 11.2 Å². The van der Waals surface area contributed by atoms with Crippen LogP contribution in [-0.4, -0.2) is 25.4 Å². The number of carbonyl (C=O) groups is 1. The van der Waals surface area contributed by atoms with Crippen molar-refractivity contribution in [2.24, 2.45) is 0 Å². The molecular weight excluding hydrogens is 269 g/mol. The Kier molecular flexibility index (Phi) is 3.47. The van der Waals surface area contributed by atoms with Crippen molar-refractivity contribution in [3.05, 3.63) is 56.6 Å². The number of hydrogen-bond acceptors (Lipinski definition) is 4. The molecule has 0 atom stereocenters. The second kappa shape index (κ2) is 5.08. The number of nitrogens with zero attached hydrogens (tertiary/aromatic N) is 3. The average molecular weight is 279 g/mol. The molecule has 0 aliphatic carbocycles. The molecule has 2 aromatic rings. The van der Waals surface area contributed by atoms with E-state index < -0.39 is 28.7 Å². The molecule has 104 valence electrons. The first-order valence-electron chi connectivity index (χ1n) is 5.69. The van der Waals surface area contributed by atoms with Crippen LogP contribution in [0.15, 0.2) is 33.9 Å². The van der Waals surface area contributed by atoms with Crippen LogP contribution in [0, 0.1) is 5.82 Å². The number of carboxylic acid groups (broad SMARTS) is 1. The highest BCUT2D eigenvalue weighted by Gasteiger charge is 2.18. The maximum absolute atomic E-state index is 12.9. The largest absolute Gasteiger partial charge is 0.476 e. The summed E-state index contributed by atoms with van der Waals surface area (Å²) < 4.78 is 14.4. The van der Waals surface area contributed by atoms with Gasteiger partial charge in [0.1, 0.15) is 5.82 Å². The summed E-state index contributed by atoms with van der Waals surface area (Å²) in [7, 11) is 0. The van der Waals surface area contributed by atoms with E-state index in [0.717, 1.165) is 21.4 Å². The summed E-state index contributed by atoms with van der Waals surface area (Å²) in [4.78, 5) is 34.8. The van der Waals surface area contributed by atoms with Gasteiger partial charge in [-0.15, -0.1) is 0 Å². The number of aromatic carboxylic acids is 1. The Morgan fingerprint density at radius 1 is 1.30 bits per heavy atom. The maximum Gasteiger partial charge on any atom is 0.362 e. The molecule has 1 aromatic heterocycles. The molecule has 1 aromatic carbocycles. The standard InChI is InChI=1S/C12H10FN3O4/c1-2-15-10(17)9(11(18)19)14-16(12(15)20)8-5-3-7(13)4-6-8/h3-6H,2H2,1H3,(H,18,19). The molecule has 1 N–H and O–H groups in total. The SMILES string of the molecule is CCn1c(=O)c(C(=O)O)nn(-c2ccc(F)cc2)c1=O. The fourth-order valence-electron chi connectivity index (χ4n) is 1.68. The molecule has 0 unspecified atom stereocenters. The van der Waals surface area contributed by atoms with Crippen molar-refractivity contribution in [3.8, 4) is 5.69 Å². The average Bonchev–Trinajstić information content (AvgIpc) is 2.40. The third kappa shape index (κ3) is 2.22. The molecule has 7 nitrogen and oxygen atoms in total. The molecule has 0 saturated carbocycles.